The number of fused-ring (bicyclic) bond motifs is 1. The van der Waals surface area contributed by atoms with Gasteiger partial charge in [0.15, 0.2) is 0 Å². The quantitative estimate of drug-likeness (QED) is 0.348. The van der Waals surface area contributed by atoms with Gasteiger partial charge in [-0.15, -0.1) is 0 Å². The van der Waals surface area contributed by atoms with Crippen LogP contribution in [-0.4, -0.2) is 16.7 Å². The molecule has 0 aromatic heterocycles. The van der Waals surface area contributed by atoms with Crippen LogP contribution in [0.4, 0.5) is 0 Å². The standard InChI is InChI=1S/C29H27N3O2/c1-19-25(31-32-29(34)24-16-22-14-8-9-15-23(22)17-27(24)33)18-26(20-10-4-2-5-11-20)30-28(19)21-12-6-3-7-13-21/h2-17,19,26,28,30,33H,18H2,1H3,(H,32,34)/b31-25+/t19-,26?,28?/m0/s1. The number of carbonyl (C=O) groups excluding carboxylic acids is 1. The lowest BCUT2D eigenvalue weighted by molar-refractivity contribution is 0.0951. The van der Waals surface area contributed by atoms with E-state index in [1.165, 1.54) is 11.1 Å². The van der Waals surface area contributed by atoms with E-state index < -0.39 is 5.91 Å². The van der Waals surface area contributed by atoms with Gasteiger partial charge in [0, 0.05) is 30.1 Å². The van der Waals surface area contributed by atoms with Gasteiger partial charge in [-0.3, -0.25) is 4.79 Å². The van der Waals surface area contributed by atoms with Crippen LogP contribution in [-0.2, 0) is 0 Å². The van der Waals surface area contributed by atoms with Crippen LogP contribution >= 0.6 is 0 Å². The molecular weight excluding hydrogens is 422 g/mol. The third-order valence-corrected chi connectivity index (χ3v) is 6.59. The Morgan fingerprint density at radius 3 is 2.15 bits per heavy atom. The molecule has 0 aliphatic carbocycles. The molecule has 170 valence electrons. The largest absolute Gasteiger partial charge is 0.507 e. The Morgan fingerprint density at radius 2 is 1.47 bits per heavy atom. The molecule has 3 atom stereocenters. The van der Waals surface area contributed by atoms with Crippen molar-refractivity contribution in [2.24, 2.45) is 11.0 Å². The maximum absolute atomic E-state index is 13.0. The second kappa shape index (κ2) is 9.49. The Hall–Kier alpha value is -3.96. The highest BCUT2D eigenvalue weighted by Crippen LogP contribution is 2.35. The number of hydrogen-bond donors (Lipinski definition) is 3. The van der Waals surface area contributed by atoms with Crippen molar-refractivity contribution in [3.8, 4) is 5.75 Å². The molecule has 1 fully saturated rings. The minimum atomic E-state index is -0.422. The Morgan fingerprint density at radius 1 is 0.882 bits per heavy atom. The molecule has 1 aliphatic rings. The molecule has 0 bridgehead atoms. The van der Waals surface area contributed by atoms with Gasteiger partial charge in [0.1, 0.15) is 5.75 Å². The summed E-state index contributed by atoms with van der Waals surface area (Å²) in [4.78, 5) is 13.0. The summed E-state index contributed by atoms with van der Waals surface area (Å²) in [5.41, 5.74) is 6.20. The van der Waals surface area contributed by atoms with Crippen LogP contribution < -0.4 is 10.7 Å². The molecular formula is C29H27N3O2. The molecule has 5 rings (SSSR count). The number of phenols is 1. The number of hydrogen-bond acceptors (Lipinski definition) is 4. The van der Waals surface area contributed by atoms with Gasteiger partial charge in [-0.25, -0.2) is 5.43 Å². The molecule has 5 heteroatoms. The van der Waals surface area contributed by atoms with Crippen LogP contribution in [0.25, 0.3) is 10.8 Å². The summed E-state index contributed by atoms with van der Waals surface area (Å²) >= 11 is 0. The molecule has 4 aromatic carbocycles. The third kappa shape index (κ3) is 4.43. The van der Waals surface area contributed by atoms with E-state index in [2.05, 4.69) is 47.0 Å². The second-order valence-electron chi connectivity index (χ2n) is 8.77. The van der Waals surface area contributed by atoms with Crippen molar-refractivity contribution in [2.75, 3.05) is 0 Å². The van der Waals surface area contributed by atoms with Gasteiger partial charge in [0.25, 0.3) is 5.91 Å². The van der Waals surface area contributed by atoms with Gasteiger partial charge in [-0.1, -0.05) is 91.9 Å². The van der Waals surface area contributed by atoms with Crippen LogP contribution in [0.1, 0.15) is 46.9 Å². The molecule has 1 aliphatic heterocycles. The molecule has 2 unspecified atom stereocenters. The van der Waals surface area contributed by atoms with Crippen LogP contribution in [0.5, 0.6) is 5.75 Å². The van der Waals surface area contributed by atoms with Crippen molar-refractivity contribution in [1.82, 2.24) is 10.7 Å². The number of phenolic OH excluding ortho intramolecular Hbond substituents is 1. The van der Waals surface area contributed by atoms with E-state index in [4.69, 9.17) is 0 Å². The average Bonchev–Trinajstić information content (AvgIpc) is 2.88. The normalized spacial score (nSPS) is 21.4. The maximum atomic E-state index is 13.0. The van der Waals surface area contributed by atoms with Gasteiger partial charge in [-0.05, 0) is 34.0 Å². The lowest BCUT2D eigenvalue weighted by atomic mass is 9.81. The molecule has 1 amide bonds. The Kier molecular flexibility index (Phi) is 6.11. The van der Waals surface area contributed by atoms with Crippen molar-refractivity contribution in [3.05, 3.63) is 114 Å². The summed E-state index contributed by atoms with van der Waals surface area (Å²) in [6.07, 6.45) is 0.679. The number of nitrogens with one attached hydrogen (secondary N) is 2. The molecule has 4 aromatic rings. The highest BCUT2D eigenvalue weighted by atomic mass is 16.3. The topological polar surface area (TPSA) is 73.7 Å². The minimum absolute atomic E-state index is 0.0564. The van der Waals surface area contributed by atoms with Gasteiger partial charge >= 0.3 is 0 Å². The first-order chi connectivity index (χ1) is 16.6. The molecule has 0 saturated carbocycles. The summed E-state index contributed by atoms with van der Waals surface area (Å²) in [6, 6.07) is 31.7. The summed E-state index contributed by atoms with van der Waals surface area (Å²) in [6.45, 7) is 2.13. The monoisotopic (exact) mass is 449 g/mol. The lowest BCUT2D eigenvalue weighted by Crippen LogP contribution is -2.42. The van der Waals surface area contributed by atoms with Gasteiger partial charge in [0.2, 0.25) is 0 Å². The number of carbonyl (C=O) groups is 1. The average molecular weight is 450 g/mol. The van der Waals surface area contributed by atoms with Crippen molar-refractivity contribution >= 4 is 22.4 Å². The zero-order valence-corrected chi connectivity index (χ0v) is 19.0. The van der Waals surface area contributed by atoms with E-state index in [1.807, 2.05) is 60.7 Å². The Bertz CT molecular complexity index is 1340. The van der Waals surface area contributed by atoms with Crippen molar-refractivity contribution in [2.45, 2.75) is 25.4 Å². The molecule has 34 heavy (non-hydrogen) atoms. The van der Waals surface area contributed by atoms with Crippen molar-refractivity contribution in [1.29, 1.82) is 0 Å². The number of nitrogens with zero attached hydrogens (tertiary/aromatic N) is 1. The van der Waals surface area contributed by atoms with Gasteiger partial charge < -0.3 is 10.4 Å². The van der Waals surface area contributed by atoms with E-state index in [9.17, 15) is 9.90 Å². The van der Waals surface area contributed by atoms with Crippen LogP contribution in [0.3, 0.4) is 0 Å². The highest BCUT2D eigenvalue weighted by Gasteiger charge is 2.33. The second-order valence-corrected chi connectivity index (χ2v) is 8.77. The van der Waals surface area contributed by atoms with E-state index in [0.29, 0.717) is 6.42 Å². The first kappa shape index (κ1) is 21.9. The molecule has 5 nitrogen and oxygen atoms in total. The first-order valence-corrected chi connectivity index (χ1v) is 11.5. The van der Waals surface area contributed by atoms with Crippen LogP contribution in [0.2, 0.25) is 0 Å². The Balaban J connectivity index is 1.44. The summed E-state index contributed by atoms with van der Waals surface area (Å²) in [7, 11) is 0. The fraction of sp³-hybridized carbons (Fsp3) is 0.172. The number of rotatable bonds is 4. The summed E-state index contributed by atoms with van der Waals surface area (Å²) < 4.78 is 0. The third-order valence-electron chi connectivity index (χ3n) is 6.59. The zero-order chi connectivity index (χ0) is 23.5. The van der Waals surface area contributed by atoms with E-state index in [1.54, 1.807) is 12.1 Å². The fourth-order valence-corrected chi connectivity index (χ4v) is 4.69. The molecule has 1 heterocycles. The highest BCUT2D eigenvalue weighted by molar-refractivity contribution is 6.02. The minimum Gasteiger partial charge on any atom is -0.507 e. The summed E-state index contributed by atoms with van der Waals surface area (Å²) in [5.74, 6) is -0.402. The molecule has 1 saturated heterocycles. The van der Waals surface area contributed by atoms with Crippen molar-refractivity contribution < 1.29 is 9.90 Å². The van der Waals surface area contributed by atoms with Gasteiger partial charge in [0.05, 0.1) is 5.56 Å². The smallest absolute Gasteiger partial charge is 0.275 e. The molecule has 0 spiro atoms. The Labute approximate surface area is 199 Å². The van der Waals surface area contributed by atoms with Crippen LogP contribution in [0.15, 0.2) is 102 Å². The predicted octanol–water partition coefficient (Wildman–Crippen LogP) is 5.74. The number of piperidine rings is 1. The van der Waals surface area contributed by atoms with Crippen molar-refractivity contribution in [3.63, 3.8) is 0 Å². The summed E-state index contributed by atoms with van der Waals surface area (Å²) in [5, 5.41) is 20.6. The molecule has 0 radical (unpaired) electrons. The predicted molar refractivity (Wildman–Crippen MR) is 136 cm³/mol. The number of amides is 1. The van der Waals surface area contributed by atoms with E-state index >= 15 is 0 Å². The number of hydrazone groups is 1. The SMILES string of the molecule is C[C@H]1/C(=N/NC(=O)c2cc3ccccc3cc2O)CC(c2ccccc2)NC1c1ccccc1. The first-order valence-electron chi connectivity index (χ1n) is 11.5. The zero-order valence-electron chi connectivity index (χ0n) is 19.0. The number of benzene rings is 4. The molecule has 3 N–H and O–H groups in total. The lowest BCUT2D eigenvalue weighted by Gasteiger charge is -2.37. The van der Waals surface area contributed by atoms with E-state index in [0.717, 1.165) is 16.5 Å². The fourth-order valence-electron chi connectivity index (χ4n) is 4.69. The van der Waals surface area contributed by atoms with E-state index in [-0.39, 0.29) is 29.3 Å². The maximum Gasteiger partial charge on any atom is 0.275 e. The number of aromatic hydroxyl groups is 1. The van der Waals surface area contributed by atoms with Crippen LogP contribution in [0, 0.1) is 5.92 Å². The van der Waals surface area contributed by atoms with Gasteiger partial charge in [-0.2, -0.15) is 5.10 Å².